The van der Waals surface area contributed by atoms with E-state index in [1.807, 2.05) is 18.2 Å². The molecular formula is C16H24Cl2N2O. The third-order valence-corrected chi connectivity index (χ3v) is 4.71. The van der Waals surface area contributed by atoms with E-state index in [0.717, 1.165) is 54.6 Å². The first kappa shape index (κ1) is 17.0. The van der Waals surface area contributed by atoms with Crippen LogP contribution in [0.2, 0.25) is 10.0 Å². The average molecular weight is 331 g/mol. The Morgan fingerprint density at radius 1 is 1.33 bits per heavy atom. The highest BCUT2D eigenvalue weighted by atomic mass is 35.5. The zero-order valence-corrected chi connectivity index (χ0v) is 14.0. The Balaban J connectivity index is 1.88. The van der Waals surface area contributed by atoms with E-state index in [4.69, 9.17) is 33.7 Å². The lowest BCUT2D eigenvalue weighted by Gasteiger charge is -2.36. The predicted octanol–water partition coefficient (Wildman–Crippen LogP) is 3.88. The number of benzene rings is 1. The summed E-state index contributed by atoms with van der Waals surface area (Å²) in [5, 5.41) is 1.52. The van der Waals surface area contributed by atoms with E-state index in [0.29, 0.717) is 12.6 Å². The summed E-state index contributed by atoms with van der Waals surface area (Å²) >= 11 is 12.4. The first-order chi connectivity index (χ1) is 10.1. The third kappa shape index (κ3) is 4.83. The number of rotatable bonds is 6. The van der Waals surface area contributed by atoms with Gasteiger partial charge in [0.15, 0.2) is 0 Å². The molecule has 0 spiro atoms. The molecule has 1 atom stereocenters. The molecule has 0 amide bonds. The molecule has 5 heteroatoms. The van der Waals surface area contributed by atoms with Gasteiger partial charge < -0.3 is 10.5 Å². The average Bonchev–Trinajstić information content (AvgIpc) is 2.50. The van der Waals surface area contributed by atoms with Crippen molar-refractivity contribution >= 4 is 23.2 Å². The van der Waals surface area contributed by atoms with E-state index < -0.39 is 0 Å². The van der Waals surface area contributed by atoms with E-state index in [9.17, 15) is 0 Å². The maximum absolute atomic E-state index is 6.30. The van der Waals surface area contributed by atoms with Crippen LogP contribution in [0.15, 0.2) is 18.2 Å². The number of nitrogens with zero attached hydrogens (tertiary/aromatic N) is 1. The molecule has 0 radical (unpaired) electrons. The van der Waals surface area contributed by atoms with Gasteiger partial charge in [-0.3, -0.25) is 4.90 Å². The largest absolute Gasteiger partial charge is 0.378 e. The van der Waals surface area contributed by atoms with Crippen molar-refractivity contribution in [1.29, 1.82) is 0 Å². The monoisotopic (exact) mass is 330 g/mol. The Kier molecular flexibility index (Phi) is 6.77. The van der Waals surface area contributed by atoms with Crippen molar-refractivity contribution in [1.82, 2.24) is 4.90 Å². The molecule has 0 bridgehead atoms. The van der Waals surface area contributed by atoms with E-state index in [1.165, 1.54) is 0 Å². The number of piperidine rings is 1. The summed E-state index contributed by atoms with van der Waals surface area (Å²) in [7, 11) is 0. The van der Waals surface area contributed by atoms with Crippen molar-refractivity contribution in [2.75, 3.05) is 26.2 Å². The molecule has 1 fully saturated rings. The Bertz CT molecular complexity index is 448. The van der Waals surface area contributed by atoms with Crippen molar-refractivity contribution < 1.29 is 4.74 Å². The van der Waals surface area contributed by atoms with Crippen LogP contribution in [-0.4, -0.2) is 37.2 Å². The summed E-state index contributed by atoms with van der Waals surface area (Å²) in [5.74, 6) is 0. The van der Waals surface area contributed by atoms with Crippen molar-refractivity contribution in [3.05, 3.63) is 33.8 Å². The van der Waals surface area contributed by atoms with Gasteiger partial charge in [-0.1, -0.05) is 23.2 Å². The maximum atomic E-state index is 6.30. The van der Waals surface area contributed by atoms with E-state index in [1.54, 1.807) is 0 Å². The van der Waals surface area contributed by atoms with Gasteiger partial charge >= 0.3 is 0 Å². The number of hydrogen-bond acceptors (Lipinski definition) is 3. The predicted molar refractivity (Wildman–Crippen MR) is 89.1 cm³/mol. The van der Waals surface area contributed by atoms with Crippen LogP contribution in [0.1, 0.15) is 37.8 Å². The second-order valence-corrected chi connectivity index (χ2v) is 6.43. The van der Waals surface area contributed by atoms with Crippen LogP contribution in [0.4, 0.5) is 0 Å². The molecule has 1 unspecified atom stereocenters. The quantitative estimate of drug-likeness (QED) is 0.804. The van der Waals surface area contributed by atoms with E-state index >= 15 is 0 Å². The Labute approximate surface area is 137 Å². The van der Waals surface area contributed by atoms with Gasteiger partial charge in [0.05, 0.1) is 6.10 Å². The SMILES string of the molecule is CC(c1cc(Cl)ccc1Cl)N1CCC(OCCCN)CC1. The van der Waals surface area contributed by atoms with Crippen LogP contribution < -0.4 is 5.73 Å². The van der Waals surface area contributed by atoms with Gasteiger partial charge in [0.25, 0.3) is 0 Å². The summed E-state index contributed by atoms with van der Waals surface area (Å²) in [6, 6.07) is 5.95. The van der Waals surface area contributed by atoms with Gasteiger partial charge in [-0.05, 0) is 56.5 Å². The number of halogens is 2. The second-order valence-electron chi connectivity index (χ2n) is 5.59. The number of hydrogen-bond donors (Lipinski definition) is 1. The van der Waals surface area contributed by atoms with Gasteiger partial charge in [-0.25, -0.2) is 0 Å². The van der Waals surface area contributed by atoms with Gasteiger partial charge in [0.2, 0.25) is 0 Å². The third-order valence-electron chi connectivity index (χ3n) is 4.13. The molecule has 1 aromatic carbocycles. The topological polar surface area (TPSA) is 38.5 Å². The molecule has 1 saturated heterocycles. The van der Waals surface area contributed by atoms with Crippen LogP contribution in [0.5, 0.6) is 0 Å². The normalized spacial score (nSPS) is 18.9. The summed E-state index contributed by atoms with van der Waals surface area (Å²) in [5.41, 5.74) is 6.59. The minimum atomic E-state index is 0.279. The fraction of sp³-hybridized carbons (Fsp3) is 0.625. The van der Waals surface area contributed by atoms with Gasteiger partial charge in [-0.2, -0.15) is 0 Å². The molecule has 3 nitrogen and oxygen atoms in total. The first-order valence-electron chi connectivity index (χ1n) is 7.62. The van der Waals surface area contributed by atoms with Gasteiger partial charge in [0.1, 0.15) is 0 Å². The molecule has 1 aromatic rings. The standard InChI is InChI=1S/C16H24Cl2N2O/c1-12(15-11-13(17)3-4-16(15)18)20-8-5-14(6-9-20)21-10-2-7-19/h3-4,11-12,14H,2,5-10,19H2,1H3. The van der Waals surface area contributed by atoms with E-state index in [2.05, 4.69) is 11.8 Å². The first-order valence-corrected chi connectivity index (χ1v) is 8.38. The molecule has 2 N–H and O–H groups in total. The fourth-order valence-corrected chi connectivity index (χ4v) is 3.25. The second kappa shape index (κ2) is 8.35. The van der Waals surface area contributed by atoms with Crippen LogP contribution >= 0.6 is 23.2 Å². The van der Waals surface area contributed by atoms with Crippen LogP contribution in [0.3, 0.4) is 0 Å². The fourth-order valence-electron chi connectivity index (χ4n) is 2.79. The summed E-state index contributed by atoms with van der Waals surface area (Å²) in [6.07, 6.45) is 3.43. The zero-order valence-electron chi connectivity index (χ0n) is 12.5. The lowest BCUT2D eigenvalue weighted by molar-refractivity contribution is -0.000736. The number of nitrogens with two attached hydrogens (primary N) is 1. The number of ether oxygens (including phenoxy) is 1. The highest BCUT2D eigenvalue weighted by Gasteiger charge is 2.25. The van der Waals surface area contributed by atoms with Crippen LogP contribution in [-0.2, 0) is 4.74 Å². The van der Waals surface area contributed by atoms with Crippen LogP contribution in [0, 0.1) is 0 Å². The Morgan fingerprint density at radius 2 is 2.05 bits per heavy atom. The molecule has 2 rings (SSSR count). The van der Waals surface area contributed by atoms with Crippen LogP contribution in [0.25, 0.3) is 0 Å². The minimum Gasteiger partial charge on any atom is -0.378 e. The molecule has 0 saturated carbocycles. The molecule has 21 heavy (non-hydrogen) atoms. The Hall–Kier alpha value is -0.320. The molecule has 1 aliphatic heterocycles. The lowest BCUT2D eigenvalue weighted by atomic mass is 10.0. The smallest absolute Gasteiger partial charge is 0.0599 e. The Morgan fingerprint density at radius 3 is 2.71 bits per heavy atom. The molecule has 0 aromatic heterocycles. The summed E-state index contributed by atoms with van der Waals surface area (Å²) in [4.78, 5) is 2.44. The van der Waals surface area contributed by atoms with Crippen molar-refractivity contribution in [3.8, 4) is 0 Å². The summed E-state index contributed by atoms with van der Waals surface area (Å²) < 4.78 is 5.85. The maximum Gasteiger partial charge on any atom is 0.0599 e. The highest BCUT2D eigenvalue weighted by molar-refractivity contribution is 6.33. The van der Waals surface area contributed by atoms with Crippen molar-refractivity contribution in [2.45, 2.75) is 38.3 Å². The lowest BCUT2D eigenvalue weighted by Crippen LogP contribution is -2.38. The van der Waals surface area contributed by atoms with Crippen molar-refractivity contribution in [3.63, 3.8) is 0 Å². The highest BCUT2D eigenvalue weighted by Crippen LogP contribution is 2.31. The van der Waals surface area contributed by atoms with Gasteiger partial charge in [-0.15, -0.1) is 0 Å². The summed E-state index contributed by atoms with van der Waals surface area (Å²) in [6.45, 7) is 5.71. The molecule has 1 heterocycles. The number of likely N-dealkylation sites (tertiary alicyclic amines) is 1. The van der Waals surface area contributed by atoms with Crippen molar-refractivity contribution in [2.24, 2.45) is 5.73 Å². The van der Waals surface area contributed by atoms with E-state index in [-0.39, 0.29) is 6.04 Å². The molecule has 0 aliphatic carbocycles. The minimum absolute atomic E-state index is 0.279. The molecule has 1 aliphatic rings. The van der Waals surface area contributed by atoms with Gasteiger partial charge in [0, 0.05) is 35.8 Å². The molecule has 118 valence electrons. The molecular weight excluding hydrogens is 307 g/mol. The zero-order chi connectivity index (χ0) is 15.2.